The van der Waals surface area contributed by atoms with Crippen molar-refractivity contribution in [2.75, 3.05) is 33.2 Å². The molecule has 86 valence electrons. The molecule has 0 radical (unpaired) electrons. The van der Waals surface area contributed by atoms with E-state index >= 15 is 0 Å². The van der Waals surface area contributed by atoms with Gasteiger partial charge in [-0.25, -0.2) is 0 Å². The van der Waals surface area contributed by atoms with Gasteiger partial charge in [0.15, 0.2) is 0 Å². The highest BCUT2D eigenvalue weighted by Gasteiger charge is 2.24. The molecule has 0 bridgehead atoms. The summed E-state index contributed by atoms with van der Waals surface area (Å²) in [5, 5.41) is 3.05. The Balaban J connectivity index is 2.37. The largest absolute Gasteiger partial charge is 0.342 e. The average molecular weight is 213 g/mol. The van der Waals surface area contributed by atoms with Crippen LogP contribution in [0.25, 0.3) is 0 Å². The molecule has 1 N–H and O–H groups in total. The average Bonchev–Trinajstić information content (AvgIpc) is 2.18. The molecule has 1 aliphatic heterocycles. The molecule has 1 fully saturated rings. The Morgan fingerprint density at radius 3 is 2.67 bits per heavy atom. The fraction of sp³-hybridized carbons (Fsp3) is 0.800. The van der Waals surface area contributed by atoms with E-state index in [2.05, 4.69) is 5.32 Å². The molecule has 0 spiro atoms. The number of carbonyl (C=O) groups is 2. The number of carbonyl (C=O) groups excluding carboxylic acids is 2. The molecule has 0 aromatic heterocycles. The van der Waals surface area contributed by atoms with Gasteiger partial charge in [-0.1, -0.05) is 13.8 Å². The van der Waals surface area contributed by atoms with Crippen LogP contribution in [-0.4, -0.2) is 60.9 Å². The van der Waals surface area contributed by atoms with Crippen molar-refractivity contribution in [2.24, 2.45) is 0 Å². The van der Waals surface area contributed by atoms with Crippen LogP contribution < -0.4 is 5.32 Å². The molecule has 0 atom stereocenters. The standard InChI is InChI=1S/C10H19N3O2/c1-8(2)11-6-9(14)13-5-4-12(3)10(15)7-13/h8,11H,4-7H2,1-3H3. The van der Waals surface area contributed by atoms with Crippen molar-refractivity contribution in [2.45, 2.75) is 19.9 Å². The summed E-state index contributed by atoms with van der Waals surface area (Å²) < 4.78 is 0. The number of nitrogens with zero attached hydrogens (tertiary/aromatic N) is 2. The van der Waals surface area contributed by atoms with E-state index in [9.17, 15) is 9.59 Å². The minimum Gasteiger partial charge on any atom is -0.342 e. The quantitative estimate of drug-likeness (QED) is 0.673. The van der Waals surface area contributed by atoms with Gasteiger partial charge in [-0.05, 0) is 0 Å². The molecule has 1 aliphatic rings. The normalized spacial score (nSPS) is 17.5. The van der Waals surface area contributed by atoms with Crippen molar-refractivity contribution in [3.63, 3.8) is 0 Å². The molecule has 0 unspecified atom stereocenters. The van der Waals surface area contributed by atoms with Gasteiger partial charge in [0.25, 0.3) is 0 Å². The van der Waals surface area contributed by atoms with E-state index in [1.54, 1.807) is 16.8 Å². The second-order valence-electron chi connectivity index (χ2n) is 4.17. The first kappa shape index (κ1) is 12.0. The van der Waals surface area contributed by atoms with E-state index < -0.39 is 0 Å². The van der Waals surface area contributed by atoms with Gasteiger partial charge in [0.1, 0.15) is 0 Å². The summed E-state index contributed by atoms with van der Waals surface area (Å²) in [5.41, 5.74) is 0. The molecule has 0 aromatic carbocycles. The Morgan fingerprint density at radius 2 is 2.13 bits per heavy atom. The van der Waals surface area contributed by atoms with Gasteiger partial charge < -0.3 is 15.1 Å². The monoisotopic (exact) mass is 213 g/mol. The van der Waals surface area contributed by atoms with E-state index in [4.69, 9.17) is 0 Å². The molecule has 1 heterocycles. The minimum absolute atomic E-state index is 0.00477. The number of piperazine rings is 1. The first-order valence-electron chi connectivity index (χ1n) is 5.26. The van der Waals surface area contributed by atoms with Crippen LogP contribution in [0.1, 0.15) is 13.8 Å². The Labute approximate surface area is 90.4 Å². The van der Waals surface area contributed by atoms with E-state index in [0.717, 1.165) is 0 Å². The molecule has 5 nitrogen and oxygen atoms in total. The van der Waals surface area contributed by atoms with E-state index in [1.165, 1.54) is 0 Å². The Morgan fingerprint density at radius 1 is 1.47 bits per heavy atom. The van der Waals surface area contributed by atoms with Gasteiger partial charge >= 0.3 is 0 Å². The maximum Gasteiger partial charge on any atom is 0.241 e. The highest BCUT2D eigenvalue weighted by Crippen LogP contribution is 2.00. The fourth-order valence-electron chi connectivity index (χ4n) is 1.37. The van der Waals surface area contributed by atoms with E-state index in [0.29, 0.717) is 19.6 Å². The first-order chi connectivity index (χ1) is 7.00. The second kappa shape index (κ2) is 5.11. The van der Waals surface area contributed by atoms with Gasteiger partial charge in [0.2, 0.25) is 11.8 Å². The lowest BCUT2D eigenvalue weighted by Crippen LogP contribution is -2.52. The summed E-state index contributed by atoms with van der Waals surface area (Å²) in [5.74, 6) is 0.0179. The number of likely N-dealkylation sites (N-methyl/N-ethyl adjacent to an activating group) is 1. The highest BCUT2D eigenvalue weighted by atomic mass is 16.2. The molecule has 15 heavy (non-hydrogen) atoms. The van der Waals surface area contributed by atoms with Crippen LogP contribution in [0.2, 0.25) is 0 Å². The molecule has 2 amide bonds. The SMILES string of the molecule is CC(C)NCC(=O)N1CCN(C)C(=O)C1. The van der Waals surface area contributed by atoms with Crippen molar-refractivity contribution in [1.82, 2.24) is 15.1 Å². The predicted octanol–water partition coefficient (Wildman–Crippen LogP) is -0.715. The Kier molecular flexibility index (Phi) is 4.08. The number of rotatable bonds is 3. The summed E-state index contributed by atoms with van der Waals surface area (Å²) in [4.78, 5) is 26.3. The van der Waals surface area contributed by atoms with E-state index in [1.807, 2.05) is 13.8 Å². The van der Waals surface area contributed by atoms with Gasteiger partial charge in [0, 0.05) is 26.2 Å². The molecule has 0 aromatic rings. The molecule has 0 saturated carbocycles. The van der Waals surface area contributed by atoms with Crippen molar-refractivity contribution in [3.8, 4) is 0 Å². The third-order valence-electron chi connectivity index (χ3n) is 2.47. The summed E-state index contributed by atoms with van der Waals surface area (Å²) in [6.45, 7) is 5.78. The van der Waals surface area contributed by atoms with Crippen molar-refractivity contribution in [3.05, 3.63) is 0 Å². The van der Waals surface area contributed by atoms with Crippen LogP contribution in [0.4, 0.5) is 0 Å². The van der Waals surface area contributed by atoms with Crippen LogP contribution in [0.3, 0.4) is 0 Å². The summed E-state index contributed by atoms with van der Waals surface area (Å²) >= 11 is 0. The smallest absolute Gasteiger partial charge is 0.241 e. The zero-order chi connectivity index (χ0) is 11.4. The van der Waals surface area contributed by atoms with Crippen LogP contribution in [0.15, 0.2) is 0 Å². The molecule has 1 rings (SSSR count). The van der Waals surface area contributed by atoms with Crippen LogP contribution in [0, 0.1) is 0 Å². The van der Waals surface area contributed by atoms with Crippen LogP contribution in [0.5, 0.6) is 0 Å². The summed E-state index contributed by atoms with van der Waals surface area (Å²) in [7, 11) is 1.76. The third-order valence-corrected chi connectivity index (χ3v) is 2.47. The van der Waals surface area contributed by atoms with Gasteiger partial charge in [-0.3, -0.25) is 9.59 Å². The van der Waals surface area contributed by atoms with Crippen molar-refractivity contribution in [1.29, 1.82) is 0 Å². The van der Waals surface area contributed by atoms with E-state index in [-0.39, 0.29) is 24.4 Å². The fourth-order valence-corrected chi connectivity index (χ4v) is 1.37. The first-order valence-corrected chi connectivity index (χ1v) is 5.26. The van der Waals surface area contributed by atoms with Gasteiger partial charge in [0.05, 0.1) is 13.1 Å². The highest BCUT2D eigenvalue weighted by molar-refractivity contribution is 5.86. The number of hydrogen-bond donors (Lipinski definition) is 1. The topological polar surface area (TPSA) is 52.7 Å². The van der Waals surface area contributed by atoms with Gasteiger partial charge in [-0.15, -0.1) is 0 Å². The Bertz CT molecular complexity index is 253. The zero-order valence-corrected chi connectivity index (χ0v) is 9.62. The lowest BCUT2D eigenvalue weighted by Gasteiger charge is -2.32. The lowest BCUT2D eigenvalue weighted by atomic mass is 10.3. The minimum atomic E-state index is 0.00477. The molecule has 5 heteroatoms. The maximum atomic E-state index is 11.6. The summed E-state index contributed by atoms with van der Waals surface area (Å²) in [6.07, 6.45) is 0. The molecule has 1 saturated heterocycles. The number of hydrogen-bond acceptors (Lipinski definition) is 3. The summed E-state index contributed by atoms with van der Waals surface area (Å²) in [6, 6.07) is 0.289. The number of amides is 2. The maximum absolute atomic E-state index is 11.6. The van der Waals surface area contributed by atoms with Crippen LogP contribution >= 0.6 is 0 Å². The molecule has 0 aliphatic carbocycles. The third kappa shape index (κ3) is 3.51. The Hall–Kier alpha value is -1.10. The van der Waals surface area contributed by atoms with Gasteiger partial charge in [-0.2, -0.15) is 0 Å². The number of nitrogens with one attached hydrogen (secondary N) is 1. The lowest BCUT2D eigenvalue weighted by molar-refractivity contribution is -0.143. The molecular weight excluding hydrogens is 194 g/mol. The zero-order valence-electron chi connectivity index (χ0n) is 9.62. The van der Waals surface area contributed by atoms with Crippen LogP contribution in [-0.2, 0) is 9.59 Å². The van der Waals surface area contributed by atoms with Crippen molar-refractivity contribution < 1.29 is 9.59 Å². The van der Waals surface area contributed by atoms with Crippen molar-refractivity contribution >= 4 is 11.8 Å². The predicted molar refractivity (Wildman–Crippen MR) is 57.4 cm³/mol. The molecular formula is C10H19N3O2. The second-order valence-corrected chi connectivity index (χ2v) is 4.17.